The Kier molecular flexibility index (Phi) is 6.10. The molecule has 2 atom stereocenters. The molecule has 0 saturated carbocycles. The zero-order valence-corrected chi connectivity index (χ0v) is 17.9. The SMILES string of the molecule is Cc1cccc(C)c1NC(=O)[C@H](C)OC(=O)CN1C(=O)N[C@](C)(c2ccccc2)C1=O. The van der Waals surface area contributed by atoms with Crippen molar-refractivity contribution in [1.82, 2.24) is 10.2 Å². The molecule has 1 aliphatic heterocycles. The second kappa shape index (κ2) is 8.59. The zero-order valence-electron chi connectivity index (χ0n) is 17.9. The summed E-state index contributed by atoms with van der Waals surface area (Å²) in [6.45, 7) is 6.14. The van der Waals surface area contributed by atoms with Crippen LogP contribution in [0, 0.1) is 13.8 Å². The van der Waals surface area contributed by atoms with Gasteiger partial charge in [0, 0.05) is 5.69 Å². The fourth-order valence-electron chi connectivity index (χ4n) is 3.46. The number of aryl methyl sites for hydroxylation is 2. The molecule has 1 aliphatic rings. The van der Waals surface area contributed by atoms with E-state index in [1.165, 1.54) is 6.92 Å². The van der Waals surface area contributed by atoms with Gasteiger partial charge in [0.25, 0.3) is 11.8 Å². The van der Waals surface area contributed by atoms with Crippen LogP contribution in [-0.4, -0.2) is 41.4 Å². The highest BCUT2D eigenvalue weighted by Gasteiger charge is 2.49. The standard InChI is InChI=1S/C23H25N3O5/c1-14-9-8-10-15(2)19(14)24-20(28)16(3)31-18(27)13-26-21(29)23(4,25-22(26)30)17-11-6-5-7-12-17/h5-12,16H,13H2,1-4H3,(H,24,28)(H,25,30)/t16-,23+/m0/s1. The minimum Gasteiger partial charge on any atom is -0.451 e. The maximum absolute atomic E-state index is 12.9. The first-order valence-electron chi connectivity index (χ1n) is 9.89. The van der Waals surface area contributed by atoms with Gasteiger partial charge in [0.2, 0.25) is 0 Å². The van der Waals surface area contributed by atoms with E-state index in [0.717, 1.165) is 16.0 Å². The molecular weight excluding hydrogens is 398 g/mol. The predicted octanol–water partition coefficient (Wildman–Crippen LogP) is 2.64. The fraction of sp³-hybridized carbons (Fsp3) is 0.304. The third-order valence-electron chi connectivity index (χ3n) is 5.32. The van der Waals surface area contributed by atoms with E-state index in [1.54, 1.807) is 37.3 Å². The number of imide groups is 1. The molecule has 1 saturated heterocycles. The van der Waals surface area contributed by atoms with Crippen LogP contribution in [0.3, 0.4) is 0 Å². The molecule has 162 valence electrons. The van der Waals surface area contributed by atoms with Gasteiger partial charge in [0.15, 0.2) is 6.10 Å². The largest absolute Gasteiger partial charge is 0.451 e. The monoisotopic (exact) mass is 423 g/mol. The summed E-state index contributed by atoms with van der Waals surface area (Å²) in [6.07, 6.45) is -1.10. The van der Waals surface area contributed by atoms with Crippen LogP contribution in [0.1, 0.15) is 30.5 Å². The summed E-state index contributed by atoms with van der Waals surface area (Å²) < 4.78 is 5.17. The first-order chi connectivity index (χ1) is 14.6. The van der Waals surface area contributed by atoms with Crippen LogP contribution < -0.4 is 10.6 Å². The second-order valence-corrected chi connectivity index (χ2v) is 7.70. The summed E-state index contributed by atoms with van der Waals surface area (Å²) in [5.41, 5.74) is 1.75. The Hall–Kier alpha value is -3.68. The Labute approximate surface area is 180 Å². The number of nitrogens with one attached hydrogen (secondary N) is 2. The van der Waals surface area contributed by atoms with Gasteiger partial charge >= 0.3 is 12.0 Å². The lowest BCUT2D eigenvalue weighted by Crippen LogP contribution is -2.42. The average molecular weight is 423 g/mol. The molecule has 0 bridgehead atoms. The molecule has 1 fully saturated rings. The van der Waals surface area contributed by atoms with Crippen molar-refractivity contribution in [2.45, 2.75) is 39.3 Å². The third-order valence-corrected chi connectivity index (χ3v) is 5.32. The normalized spacial score (nSPS) is 19.0. The van der Waals surface area contributed by atoms with Gasteiger partial charge in [-0.15, -0.1) is 0 Å². The number of para-hydroxylation sites is 1. The van der Waals surface area contributed by atoms with Crippen LogP contribution in [0.4, 0.5) is 10.5 Å². The number of hydrogen-bond acceptors (Lipinski definition) is 5. The first kappa shape index (κ1) is 22.0. The molecule has 3 rings (SSSR count). The second-order valence-electron chi connectivity index (χ2n) is 7.70. The van der Waals surface area contributed by atoms with E-state index in [9.17, 15) is 19.2 Å². The van der Waals surface area contributed by atoms with Gasteiger partial charge in [-0.1, -0.05) is 48.5 Å². The maximum Gasteiger partial charge on any atom is 0.327 e. The van der Waals surface area contributed by atoms with Gasteiger partial charge in [-0.2, -0.15) is 0 Å². The number of amides is 4. The number of hydrogen-bond donors (Lipinski definition) is 2. The van der Waals surface area contributed by atoms with E-state index < -0.39 is 42.0 Å². The maximum atomic E-state index is 12.9. The number of benzene rings is 2. The van der Waals surface area contributed by atoms with Crippen molar-refractivity contribution >= 4 is 29.5 Å². The van der Waals surface area contributed by atoms with Gasteiger partial charge in [-0.3, -0.25) is 19.3 Å². The van der Waals surface area contributed by atoms with E-state index in [4.69, 9.17) is 4.74 Å². The van der Waals surface area contributed by atoms with Crippen molar-refractivity contribution in [2.75, 3.05) is 11.9 Å². The van der Waals surface area contributed by atoms with Gasteiger partial charge in [-0.25, -0.2) is 4.79 Å². The van der Waals surface area contributed by atoms with Gasteiger partial charge in [-0.05, 0) is 44.4 Å². The van der Waals surface area contributed by atoms with Crippen LogP contribution in [0.25, 0.3) is 0 Å². The highest BCUT2D eigenvalue weighted by molar-refractivity contribution is 6.09. The summed E-state index contributed by atoms with van der Waals surface area (Å²) in [6, 6.07) is 13.7. The number of rotatable bonds is 6. The molecule has 4 amide bonds. The molecule has 2 aromatic carbocycles. The Morgan fingerprint density at radius 1 is 1.06 bits per heavy atom. The number of nitrogens with zero attached hydrogens (tertiary/aromatic N) is 1. The fourth-order valence-corrected chi connectivity index (χ4v) is 3.46. The van der Waals surface area contributed by atoms with Crippen molar-refractivity contribution in [1.29, 1.82) is 0 Å². The number of carbonyl (C=O) groups is 4. The lowest BCUT2D eigenvalue weighted by Gasteiger charge is -2.22. The third kappa shape index (κ3) is 4.42. The van der Waals surface area contributed by atoms with Crippen molar-refractivity contribution in [2.24, 2.45) is 0 Å². The van der Waals surface area contributed by atoms with Gasteiger partial charge in [0.05, 0.1) is 0 Å². The minimum absolute atomic E-state index is 0.503. The molecule has 8 nitrogen and oxygen atoms in total. The minimum atomic E-state index is -1.27. The van der Waals surface area contributed by atoms with Crippen molar-refractivity contribution in [3.63, 3.8) is 0 Å². The smallest absolute Gasteiger partial charge is 0.327 e. The molecule has 8 heteroatoms. The molecule has 0 unspecified atom stereocenters. The van der Waals surface area contributed by atoms with Crippen LogP contribution >= 0.6 is 0 Å². The predicted molar refractivity (Wildman–Crippen MR) is 114 cm³/mol. The lowest BCUT2D eigenvalue weighted by molar-refractivity contribution is -0.155. The topological polar surface area (TPSA) is 105 Å². The number of anilines is 1. The van der Waals surface area contributed by atoms with E-state index in [0.29, 0.717) is 11.3 Å². The van der Waals surface area contributed by atoms with Crippen molar-refractivity contribution in [3.05, 3.63) is 65.2 Å². The first-order valence-corrected chi connectivity index (χ1v) is 9.89. The molecule has 0 spiro atoms. The van der Waals surface area contributed by atoms with Crippen molar-refractivity contribution < 1.29 is 23.9 Å². The number of carbonyl (C=O) groups excluding carboxylic acids is 4. The Bertz CT molecular complexity index is 1020. The quantitative estimate of drug-likeness (QED) is 0.549. The molecule has 0 aliphatic carbocycles. The van der Waals surface area contributed by atoms with E-state index >= 15 is 0 Å². The van der Waals surface area contributed by atoms with E-state index in [2.05, 4.69) is 10.6 Å². The van der Waals surface area contributed by atoms with E-state index in [1.807, 2.05) is 32.0 Å². The summed E-state index contributed by atoms with van der Waals surface area (Å²) in [4.78, 5) is 50.8. The Balaban J connectivity index is 1.63. The summed E-state index contributed by atoms with van der Waals surface area (Å²) in [5.74, 6) is -1.92. The zero-order chi connectivity index (χ0) is 22.8. The van der Waals surface area contributed by atoms with Crippen LogP contribution in [0.5, 0.6) is 0 Å². The molecule has 2 N–H and O–H groups in total. The summed E-state index contributed by atoms with van der Waals surface area (Å²) >= 11 is 0. The average Bonchev–Trinajstić information content (AvgIpc) is 2.95. The van der Waals surface area contributed by atoms with Gasteiger partial charge in [0.1, 0.15) is 12.1 Å². The molecule has 2 aromatic rings. The van der Waals surface area contributed by atoms with Crippen LogP contribution in [0.15, 0.2) is 48.5 Å². The van der Waals surface area contributed by atoms with Crippen molar-refractivity contribution in [3.8, 4) is 0 Å². The van der Waals surface area contributed by atoms with Crippen LogP contribution in [0.2, 0.25) is 0 Å². The molecule has 0 radical (unpaired) electrons. The van der Waals surface area contributed by atoms with E-state index in [-0.39, 0.29) is 0 Å². The highest BCUT2D eigenvalue weighted by Crippen LogP contribution is 2.28. The highest BCUT2D eigenvalue weighted by atomic mass is 16.5. The summed E-state index contributed by atoms with van der Waals surface area (Å²) in [5, 5.41) is 5.38. The lowest BCUT2D eigenvalue weighted by atomic mass is 9.92. The summed E-state index contributed by atoms with van der Waals surface area (Å²) in [7, 11) is 0. The Morgan fingerprint density at radius 3 is 2.29 bits per heavy atom. The molecule has 0 aromatic heterocycles. The molecule has 1 heterocycles. The van der Waals surface area contributed by atoms with Gasteiger partial charge < -0.3 is 15.4 Å². The Morgan fingerprint density at radius 2 is 1.68 bits per heavy atom. The molecular formula is C23H25N3O5. The molecule has 31 heavy (non-hydrogen) atoms. The van der Waals surface area contributed by atoms with Crippen LogP contribution in [-0.2, 0) is 24.7 Å². The number of urea groups is 1. The number of ether oxygens (including phenoxy) is 1. The number of esters is 1.